The van der Waals surface area contributed by atoms with Gasteiger partial charge in [0.05, 0.1) is 0 Å². The van der Waals surface area contributed by atoms with Gasteiger partial charge in [0, 0.05) is 30.5 Å². The SMILES string of the molecule is CC(C)CNCc1cc(OCc2nccn2C)ccc1Br. The summed E-state index contributed by atoms with van der Waals surface area (Å²) < 4.78 is 8.88. The number of nitrogens with zero attached hydrogens (tertiary/aromatic N) is 2. The lowest BCUT2D eigenvalue weighted by Crippen LogP contribution is -2.19. The Hall–Kier alpha value is -1.33. The number of imidazole rings is 1. The zero-order chi connectivity index (χ0) is 15.2. The first-order chi connectivity index (χ1) is 10.1. The third-order valence-corrected chi connectivity index (χ3v) is 3.95. The van der Waals surface area contributed by atoms with Crippen molar-refractivity contribution in [3.8, 4) is 5.75 Å². The predicted molar refractivity (Wildman–Crippen MR) is 88.2 cm³/mol. The first-order valence-electron chi connectivity index (χ1n) is 7.14. The molecule has 0 fully saturated rings. The van der Waals surface area contributed by atoms with Crippen LogP contribution in [0.25, 0.3) is 0 Å². The van der Waals surface area contributed by atoms with Gasteiger partial charge in [-0.3, -0.25) is 0 Å². The van der Waals surface area contributed by atoms with Crippen LogP contribution in [0.2, 0.25) is 0 Å². The van der Waals surface area contributed by atoms with Gasteiger partial charge in [-0.05, 0) is 36.2 Å². The van der Waals surface area contributed by atoms with Crippen LogP contribution in [0, 0.1) is 5.92 Å². The lowest BCUT2D eigenvalue weighted by Gasteiger charge is -2.12. The van der Waals surface area contributed by atoms with E-state index < -0.39 is 0 Å². The van der Waals surface area contributed by atoms with E-state index in [0.29, 0.717) is 12.5 Å². The Morgan fingerprint density at radius 3 is 2.86 bits per heavy atom. The number of aryl methyl sites for hydroxylation is 1. The molecule has 21 heavy (non-hydrogen) atoms. The highest BCUT2D eigenvalue weighted by Gasteiger charge is 2.05. The summed E-state index contributed by atoms with van der Waals surface area (Å²) in [5.74, 6) is 2.42. The first-order valence-corrected chi connectivity index (χ1v) is 7.93. The molecule has 0 unspecified atom stereocenters. The first kappa shape index (κ1) is 16.0. The summed E-state index contributed by atoms with van der Waals surface area (Å²) in [4.78, 5) is 4.26. The number of hydrogen-bond acceptors (Lipinski definition) is 3. The van der Waals surface area contributed by atoms with Crippen LogP contribution in [0.15, 0.2) is 35.1 Å². The molecule has 2 aromatic rings. The summed E-state index contributed by atoms with van der Waals surface area (Å²) in [7, 11) is 1.97. The molecule has 1 aromatic heterocycles. The molecular weight excluding hydrogens is 330 g/mol. The van der Waals surface area contributed by atoms with Gasteiger partial charge in [-0.1, -0.05) is 29.8 Å². The Morgan fingerprint density at radius 2 is 2.19 bits per heavy atom. The number of nitrogens with one attached hydrogen (secondary N) is 1. The molecule has 2 rings (SSSR count). The summed E-state index contributed by atoms with van der Waals surface area (Å²) >= 11 is 3.59. The van der Waals surface area contributed by atoms with Crippen molar-refractivity contribution in [1.82, 2.24) is 14.9 Å². The summed E-state index contributed by atoms with van der Waals surface area (Å²) in [6.45, 7) is 6.72. The normalized spacial score (nSPS) is 11.1. The fraction of sp³-hybridized carbons (Fsp3) is 0.438. The minimum Gasteiger partial charge on any atom is -0.486 e. The molecule has 0 bridgehead atoms. The van der Waals surface area contributed by atoms with Crippen molar-refractivity contribution in [1.29, 1.82) is 0 Å². The van der Waals surface area contributed by atoms with Crippen LogP contribution in [0.3, 0.4) is 0 Å². The molecule has 1 N–H and O–H groups in total. The van der Waals surface area contributed by atoms with Gasteiger partial charge in [0.15, 0.2) is 0 Å². The molecule has 5 heteroatoms. The number of benzene rings is 1. The van der Waals surface area contributed by atoms with E-state index in [1.807, 2.05) is 29.9 Å². The average Bonchev–Trinajstić information content (AvgIpc) is 2.84. The number of halogens is 1. The second-order valence-corrected chi connectivity index (χ2v) is 6.38. The average molecular weight is 352 g/mol. The Balaban J connectivity index is 1.96. The Kier molecular flexibility index (Phi) is 5.82. The van der Waals surface area contributed by atoms with Crippen molar-refractivity contribution in [3.05, 3.63) is 46.5 Å². The van der Waals surface area contributed by atoms with Crippen LogP contribution in [0.4, 0.5) is 0 Å². The van der Waals surface area contributed by atoms with Crippen LogP contribution in [-0.2, 0) is 20.2 Å². The molecule has 4 nitrogen and oxygen atoms in total. The number of aromatic nitrogens is 2. The summed E-state index contributed by atoms with van der Waals surface area (Å²) in [6.07, 6.45) is 3.70. The maximum absolute atomic E-state index is 5.82. The third kappa shape index (κ3) is 4.86. The molecule has 0 aliphatic heterocycles. The van der Waals surface area contributed by atoms with Crippen molar-refractivity contribution in [3.63, 3.8) is 0 Å². The quantitative estimate of drug-likeness (QED) is 0.829. The minimum atomic E-state index is 0.476. The van der Waals surface area contributed by atoms with Crippen LogP contribution >= 0.6 is 15.9 Å². The van der Waals surface area contributed by atoms with Crippen LogP contribution < -0.4 is 10.1 Å². The molecule has 0 aliphatic carbocycles. The maximum atomic E-state index is 5.82. The standard InChI is InChI=1S/C16H22BrN3O/c1-12(2)9-18-10-13-8-14(4-5-15(13)17)21-11-16-19-6-7-20(16)3/h4-8,12,18H,9-11H2,1-3H3. The molecule has 0 radical (unpaired) electrons. The van der Waals surface area contributed by atoms with Crippen molar-refractivity contribution < 1.29 is 4.74 Å². The lowest BCUT2D eigenvalue weighted by molar-refractivity contribution is 0.291. The van der Waals surface area contributed by atoms with Gasteiger partial charge < -0.3 is 14.6 Å². The lowest BCUT2D eigenvalue weighted by atomic mass is 10.2. The van der Waals surface area contributed by atoms with E-state index in [1.54, 1.807) is 6.20 Å². The van der Waals surface area contributed by atoms with Gasteiger partial charge in [0.2, 0.25) is 0 Å². The van der Waals surface area contributed by atoms with Crippen molar-refractivity contribution in [2.75, 3.05) is 6.54 Å². The number of ether oxygens (including phenoxy) is 1. The zero-order valence-corrected chi connectivity index (χ0v) is 14.4. The Bertz CT molecular complexity index is 581. The highest BCUT2D eigenvalue weighted by molar-refractivity contribution is 9.10. The molecule has 0 spiro atoms. The second-order valence-electron chi connectivity index (χ2n) is 5.52. The van der Waals surface area contributed by atoms with E-state index in [1.165, 1.54) is 5.56 Å². The van der Waals surface area contributed by atoms with Gasteiger partial charge in [0.25, 0.3) is 0 Å². The van der Waals surface area contributed by atoms with Crippen molar-refractivity contribution >= 4 is 15.9 Å². The molecule has 0 saturated carbocycles. The van der Waals surface area contributed by atoms with Gasteiger partial charge in [-0.2, -0.15) is 0 Å². The van der Waals surface area contributed by atoms with Gasteiger partial charge in [-0.15, -0.1) is 0 Å². The maximum Gasteiger partial charge on any atom is 0.146 e. The van der Waals surface area contributed by atoms with E-state index in [4.69, 9.17) is 4.74 Å². The zero-order valence-electron chi connectivity index (χ0n) is 12.8. The van der Waals surface area contributed by atoms with Crippen molar-refractivity contribution in [2.24, 2.45) is 13.0 Å². The summed E-state index contributed by atoms with van der Waals surface area (Å²) in [6, 6.07) is 6.07. The van der Waals surface area contributed by atoms with E-state index in [2.05, 4.69) is 46.1 Å². The topological polar surface area (TPSA) is 39.1 Å². The fourth-order valence-electron chi connectivity index (χ4n) is 1.96. The molecule has 0 saturated heterocycles. The smallest absolute Gasteiger partial charge is 0.146 e. The monoisotopic (exact) mass is 351 g/mol. The third-order valence-electron chi connectivity index (χ3n) is 3.17. The molecule has 0 aliphatic rings. The van der Waals surface area contributed by atoms with E-state index in [9.17, 15) is 0 Å². The second kappa shape index (κ2) is 7.61. The number of rotatable bonds is 7. The highest BCUT2D eigenvalue weighted by atomic mass is 79.9. The number of hydrogen-bond donors (Lipinski definition) is 1. The fourth-order valence-corrected chi connectivity index (χ4v) is 2.34. The van der Waals surface area contributed by atoms with Gasteiger partial charge in [0.1, 0.15) is 18.2 Å². The molecule has 114 valence electrons. The van der Waals surface area contributed by atoms with Crippen LogP contribution in [0.5, 0.6) is 5.75 Å². The van der Waals surface area contributed by atoms with E-state index >= 15 is 0 Å². The summed E-state index contributed by atoms with van der Waals surface area (Å²) in [5.41, 5.74) is 1.20. The molecule has 1 heterocycles. The molecule has 0 amide bonds. The van der Waals surface area contributed by atoms with E-state index in [-0.39, 0.29) is 0 Å². The van der Waals surface area contributed by atoms with Gasteiger partial charge in [-0.25, -0.2) is 4.98 Å². The van der Waals surface area contributed by atoms with E-state index in [0.717, 1.165) is 29.1 Å². The predicted octanol–water partition coefficient (Wildman–Crippen LogP) is 3.51. The highest BCUT2D eigenvalue weighted by Crippen LogP contribution is 2.23. The Labute approximate surface area is 134 Å². The molecular formula is C16H22BrN3O. The molecule has 0 atom stereocenters. The minimum absolute atomic E-state index is 0.476. The summed E-state index contributed by atoms with van der Waals surface area (Å²) in [5, 5.41) is 3.45. The van der Waals surface area contributed by atoms with Crippen LogP contribution in [0.1, 0.15) is 25.2 Å². The van der Waals surface area contributed by atoms with Crippen LogP contribution in [-0.4, -0.2) is 16.1 Å². The largest absolute Gasteiger partial charge is 0.486 e. The Morgan fingerprint density at radius 1 is 1.38 bits per heavy atom. The van der Waals surface area contributed by atoms with Gasteiger partial charge >= 0.3 is 0 Å². The van der Waals surface area contributed by atoms with Crippen molar-refractivity contribution in [2.45, 2.75) is 27.0 Å². The molecule has 1 aromatic carbocycles.